The van der Waals surface area contributed by atoms with Gasteiger partial charge >= 0.3 is 154 Å². The first kappa shape index (κ1) is 18.0. The summed E-state index contributed by atoms with van der Waals surface area (Å²) in [5, 5.41) is 0.914. The van der Waals surface area contributed by atoms with Gasteiger partial charge in [-0.05, 0) is 0 Å². The molecule has 0 aliphatic carbocycles. The average molecular weight is 405 g/mol. The SMILES string of the molecule is COc1ccc(C(=O)O[C@@H]2CCCO[C@@H]2C[Se]c2ccccc2)cc1. The Morgan fingerprint density at radius 2 is 1.92 bits per heavy atom. The van der Waals surface area contributed by atoms with E-state index in [9.17, 15) is 4.79 Å². The molecule has 2 aromatic carbocycles. The van der Waals surface area contributed by atoms with Crippen molar-refractivity contribution in [3.63, 3.8) is 0 Å². The Balaban J connectivity index is 1.59. The van der Waals surface area contributed by atoms with Gasteiger partial charge in [0.1, 0.15) is 0 Å². The van der Waals surface area contributed by atoms with Crippen LogP contribution in [0.4, 0.5) is 0 Å². The van der Waals surface area contributed by atoms with Crippen molar-refractivity contribution in [2.75, 3.05) is 13.7 Å². The standard InChI is InChI=1S/C20H22O4Se/c1-22-16-11-9-15(10-12-16)20(21)24-18-8-5-13-23-19(18)14-25-17-6-3-2-4-7-17/h2-4,6-7,9-12,18-19H,5,8,13-14H2,1H3/t18-,19-/m1/s1. The molecule has 25 heavy (non-hydrogen) atoms. The van der Waals surface area contributed by atoms with E-state index >= 15 is 0 Å². The molecule has 0 unspecified atom stereocenters. The summed E-state index contributed by atoms with van der Waals surface area (Å²) in [7, 11) is 1.60. The number of ether oxygens (including phenoxy) is 3. The molecule has 0 aromatic heterocycles. The molecule has 1 saturated heterocycles. The van der Waals surface area contributed by atoms with Gasteiger partial charge in [0, 0.05) is 0 Å². The molecule has 0 radical (unpaired) electrons. The summed E-state index contributed by atoms with van der Waals surface area (Å²) in [6, 6.07) is 17.4. The number of benzene rings is 2. The summed E-state index contributed by atoms with van der Waals surface area (Å²) in [5.74, 6) is 0.427. The molecule has 0 saturated carbocycles. The van der Waals surface area contributed by atoms with Gasteiger partial charge in [0.15, 0.2) is 0 Å². The molecular formula is C20H22O4Se. The molecule has 1 fully saturated rings. The van der Waals surface area contributed by atoms with Gasteiger partial charge in [0.25, 0.3) is 0 Å². The van der Waals surface area contributed by atoms with E-state index < -0.39 is 0 Å². The predicted octanol–water partition coefficient (Wildman–Crippen LogP) is 2.85. The van der Waals surface area contributed by atoms with Crippen molar-refractivity contribution in [2.45, 2.75) is 30.4 Å². The Morgan fingerprint density at radius 3 is 2.64 bits per heavy atom. The van der Waals surface area contributed by atoms with E-state index in [1.807, 2.05) is 6.07 Å². The van der Waals surface area contributed by atoms with Crippen LogP contribution >= 0.6 is 0 Å². The van der Waals surface area contributed by atoms with Gasteiger partial charge < -0.3 is 0 Å². The van der Waals surface area contributed by atoms with Crippen LogP contribution in [0, 0.1) is 0 Å². The molecule has 4 nitrogen and oxygen atoms in total. The average Bonchev–Trinajstić information content (AvgIpc) is 2.68. The van der Waals surface area contributed by atoms with Crippen LogP contribution in [0.3, 0.4) is 0 Å². The van der Waals surface area contributed by atoms with Crippen LogP contribution in [0.2, 0.25) is 5.32 Å². The molecule has 0 N–H and O–H groups in total. The van der Waals surface area contributed by atoms with E-state index in [0.717, 1.165) is 30.5 Å². The van der Waals surface area contributed by atoms with Gasteiger partial charge in [0.05, 0.1) is 0 Å². The predicted molar refractivity (Wildman–Crippen MR) is 97.8 cm³/mol. The third-order valence-electron chi connectivity index (χ3n) is 4.12. The number of methoxy groups -OCH3 is 1. The van der Waals surface area contributed by atoms with Crippen molar-refractivity contribution in [1.82, 2.24) is 0 Å². The van der Waals surface area contributed by atoms with Crippen molar-refractivity contribution in [3.8, 4) is 5.75 Å². The van der Waals surface area contributed by atoms with Gasteiger partial charge in [-0.3, -0.25) is 0 Å². The van der Waals surface area contributed by atoms with Crippen molar-refractivity contribution in [2.24, 2.45) is 0 Å². The molecule has 1 heterocycles. The zero-order chi connectivity index (χ0) is 17.5. The zero-order valence-electron chi connectivity index (χ0n) is 14.2. The normalized spacial score (nSPS) is 20.0. The van der Waals surface area contributed by atoms with Gasteiger partial charge in [0.2, 0.25) is 0 Å². The fourth-order valence-corrected chi connectivity index (χ4v) is 4.86. The van der Waals surface area contributed by atoms with E-state index in [1.54, 1.807) is 31.4 Å². The second-order valence-electron chi connectivity index (χ2n) is 5.85. The fraction of sp³-hybridized carbons (Fsp3) is 0.350. The first-order valence-corrected chi connectivity index (χ1v) is 10.5. The van der Waals surface area contributed by atoms with Crippen molar-refractivity contribution in [3.05, 3.63) is 60.2 Å². The summed E-state index contributed by atoms with van der Waals surface area (Å²) in [4.78, 5) is 12.4. The maximum atomic E-state index is 12.4. The molecule has 5 heteroatoms. The number of carbonyl (C=O) groups is 1. The van der Waals surface area contributed by atoms with Gasteiger partial charge in [-0.1, -0.05) is 0 Å². The van der Waals surface area contributed by atoms with E-state index in [0.29, 0.717) is 20.5 Å². The summed E-state index contributed by atoms with van der Waals surface area (Å²) in [5.41, 5.74) is 0.540. The Kier molecular flexibility index (Phi) is 6.51. The van der Waals surface area contributed by atoms with Gasteiger partial charge in [-0.25, -0.2) is 0 Å². The number of carbonyl (C=O) groups excluding carboxylic acids is 1. The molecule has 2 atom stereocenters. The molecule has 0 bridgehead atoms. The first-order chi connectivity index (χ1) is 12.3. The Hall–Kier alpha value is -1.81. The maximum absolute atomic E-state index is 12.4. The monoisotopic (exact) mass is 406 g/mol. The minimum atomic E-state index is -0.296. The molecule has 2 aromatic rings. The third-order valence-corrected chi connectivity index (χ3v) is 6.43. The first-order valence-electron chi connectivity index (χ1n) is 8.41. The Morgan fingerprint density at radius 1 is 1.16 bits per heavy atom. The van der Waals surface area contributed by atoms with Crippen LogP contribution in [0.1, 0.15) is 23.2 Å². The van der Waals surface area contributed by atoms with Crippen LogP contribution in [-0.2, 0) is 9.47 Å². The second kappa shape index (κ2) is 9.04. The van der Waals surface area contributed by atoms with Gasteiger partial charge in [-0.15, -0.1) is 0 Å². The van der Waals surface area contributed by atoms with Gasteiger partial charge in [-0.2, -0.15) is 0 Å². The van der Waals surface area contributed by atoms with E-state index in [-0.39, 0.29) is 18.2 Å². The number of hydrogen-bond acceptors (Lipinski definition) is 4. The summed E-state index contributed by atoms with van der Waals surface area (Å²) in [6.07, 6.45) is 1.59. The van der Waals surface area contributed by atoms with E-state index in [2.05, 4.69) is 24.3 Å². The molecule has 0 amide bonds. The summed E-state index contributed by atoms with van der Waals surface area (Å²) < 4.78 is 18.1. The molecule has 1 aliphatic heterocycles. The zero-order valence-corrected chi connectivity index (χ0v) is 15.9. The third kappa shape index (κ3) is 5.08. The topological polar surface area (TPSA) is 44.8 Å². The van der Waals surface area contributed by atoms with Crippen LogP contribution < -0.4 is 9.20 Å². The molecule has 0 spiro atoms. The molecule has 3 rings (SSSR count). The fourth-order valence-electron chi connectivity index (χ4n) is 2.73. The Labute approximate surface area is 154 Å². The minimum absolute atomic E-state index is 0.0174. The van der Waals surface area contributed by atoms with Crippen molar-refractivity contribution < 1.29 is 19.0 Å². The van der Waals surface area contributed by atoms with E-state index in [1.165, 1.54) is 4.46 Å². The summed E-state index contributed by atoms with van der Waals surface area (Å²) >= 11 is 0.314. The van der Waals surface area contributed by atoms with Crippen LogP contribution in [0.25, 0.3) is 0 Å². The second-order valence-corrected chi connectivity index (χ2v) is 8.14. The summed E-state index contributed by atoms with van der Waals surface area (Å²) in [6.45, 7) is 0.742. The number of hydrogen-bond donors (Lipinski definition) is 0. The van der Waals surface area contributed by atoms with Crippen LogP contribution in [0.15, 0.2) is 54.6 Å². The number of esters is 1. The molecule has 132 valence electrons. The van der Waals surface area contributed by atoms with Crippen LogP contribution in [0.5, 0.6) is 5.75 Å². The van der Waals surface area contributed by atoms with Crippen LogP contribution in [-0.4, -0.2) is 46.9 Å². The van der Waals surface area contributed by atoms with Crippen molar-refractivity contribution in [1.29, 1.82) is 0 Å². The molecule has 1 aliphatic rings. The van der Waals surface area contributed by atoms with Crippen molar-refractivity contribution >= 4 is 25.4 Å². The Bertz CT molecular complexity index is 672. The quantitative estimate of drug-likeness (QED) is 0.548. The molecular weight excluding hydrogens is 383 g/mol. The number of rotatable bonds is 6. The van der Waals surface area contributed by atoms with E-state index in [4.69, 9.17) is 14.2 Å².